The number of benzene rings is 1. The highest BCUT2D eigenvalue weighted by atomic mass is 16.5. The molecular weight excluding hydrogens is 346 g/mol. The first kappa shape index (κ1) is 19.5. The number of piperazine rings is 1. The highest BCUT2D eigenvalue weighted by molar-refractivity contribution is 5.78. The Morgan fingerprint density at radius 1 is 1.26 bits per heavy atom. The Hall–Kier alpha value is -2.29. The number of carbonyl (C=O) groups excluding carboxylic acids is 1. The molecule has 0 spiro atoms. The van der Waals surface area contributed by atoms with Gasteiger partial charge in [-0.1, -0.05) is 28.9 Å². The van der Waals surface area contributed by atoms with Gasteiger partial charge in [0.1, 0.15) is 0 Å². The number of hydrogen-bond donors (Lipinski definition) is 1. The fourth-order valence-corrected chi connectivity index (χ4v) is 3.07. The number of methoxy groups -OCH3 is 1. The molecule has 27 heavy (non-hydrogen) atoms. The average Bonchev–Trinajstić information content (AvgIpc) is 3.12. The van der Waals surface area contributed by atoms with Crippen LogP contribution in [0.2, 0.25) is 0 Å². The summed E-state index contributed by atoms with van der Waals surface area (Å²) in [5, 5.41) is 6.95. The summed E-state index contributed by atoms with van der Waals surface area (Å²) in [6.45, 7) is 7.61. The molecule has 1 aromatic carbocycles. The van der Waals surface area contributed by atoms with E-state index in [1.54, 1.807) is 7.11 Å². The maximum Gasteiger partial charge on any atom is 0.241 e. The Morgan fingerprint density at radius 3 is 2.78 bits per heavy atom. The Balaban J connectivity index is 1.44. The number of nitrogens with zero attached hydrogens (tertiary/aromatic N) is 4. The maximum absolute atomic E-state index is 11.9. The van der Waals surface area contributed by atoms with E-state index in [0.717, 1.165) is 31.7 Å². The predicted octanol–water partition coefficient (Wildman–Crippen LogP) is 0.925. The summed E-state index contributed by atoms with van der Waals surface area (Å²) in [5.74, 6) is 1.29. The fraction of sp³-hybridized carbons (Fsp3) is 0.526. The second-order valence-corrected chi connectivity index (χ2v) is 6.78. The van der Waals surface area contributed by atoms with E-state index in [9.17, 15) is 4.79 Å². The summed E-state index contributed by atoms with van der Waals surface area (Å²) in [4.78, 5) is 20.8. The first-order valence-corrected chi connectivity index (χ1v) is 9.24. The number of rotatable bonds is 8. The Labute approximate surface area is 159 Å². The van der Waals surface area contributed by atoms with Crippen LogP contribution in [-0.4, -0.2) is 78.8 Å². The molecule has 1 aliphatic rings. The molecular formula is C19H27N5O3. The zero-order valence-electron chi connectivity index (χ0n) is 16.0. The summed E-state index contributed by atoms with van der Waals surface area (Å²) >= 11 is 0. The number of aryl methyl sites for hydroxylation is 1. The van der Waals surface area contributed by atoms with Gasteiger partial charge in [0.25, 0.3) is 0 Å². The highest BCUT2D eigenvalue weighted by Gasteiger charge is 2.21. The van der Waals surface area contributed by atoms with Crippen LogP contribution in [0.3, 0.4) is 0 Å². The molecule has 0 saturated carbocycles. The lowest BCUT2D eigenvalue weighted by Gasteiger charge is -2.33. The standard InChI is InChI=1S/C19H27N5O3/c1-15-4-3-5-16(12-15)19-21-18(27-22-19)14-24-9-7-23(8-10-24)13-17(25)20-6-11-26-2/h3-5,12H,6-11,13-14H2,1-2H3,(H,20,25). The molecule has 3 rings (SSSR count). The van der Waals surface area contributed by atoms with Crippen molar-refractivity contribution in [2.45, 2.75) is 13.5 Å². The monoisotopic (exact) mass is 373 g/mol. The summed E-state index contributed by atoms with van der Waals surface area (Å²) in [7, 11) is 1.62. The number of ether oxygens (including phenoxy) is 1. The van der Waals surface area contributed by atoms with E-state index < -0.39 is 0 Å². The van der Waals surface area contributed by atoms with Crippen molar-refractivity contribution >= 4 is 5.91 Å². The van der Waals surface area contributed by atoms with E-state index in [4.69, 9.17) is 9.26 Å². The largest absolute Gasteiger partial charge is 0.383 e. The third-order valence-corrected chi connectivity index (χ3v) is 4.56. The third kappa shape index (κ3) is 5.85. The Bertz CT molecular complexity index is 740. The molecule has 0 bridgehead atoms. The van der Waals surface area contributed by atoms with Gasteiger partial charge in [-0.2, -0.15) is 4.98 Å². The lowest BCUT2D eigenvalue weighted by atomic mass is 10.1. The summed E-state index contributed by atoms with van der Waals surface area (Å²) in [5.41, 5.74) is 2.13. The van der Waals surface area contributed by atoms with Crippen LogP contribution >= 0.6 is 0 Å². The van der Waals surface area contributed by atoms with Gasteiger partial charge in [0.05, 0.1) is 19.7 Å². The van der Waals surface area contributed by atoms with Gasteiger partial charge in [0, 0.05) is 45.4 Å². The molecule has 2 aromatic rings. The van der Waals surface area contributed by atoms with Crippen LogP contribution in [0.1, 0.15) is 11.5 Å². The van der Waals surface area contributed by atoms with Crippen LogP contribution in [0.15, 0.2) is 28.8 Å². The molecule has 1 fully saturated rings. The molecule has 1 aliphatic heterocycles. The van der Waals surface area contributed by atoms with Gasteiger partial charge in [0.15, 0.2) is 0 Å². The number of carbonyl (C=O) groups is 1. The molecule has 2 heterocycles. The summed E-state index contributed by atoms with van der Waals surface area (Å²) in [6.07, 6.45) is 0. The minimum absolute atomic E-state index is 0.0418. The van der Waals surface area contributed by atoms with Gasteiger partial charge in [-0.25, -0.2) is 0 Å². The first-order chi connectivity index (χ1) is 13.1. The average molecular weight is 373 g/mol. The molecule has 1 saturated heterocycles. The van der Waals surface area contributed by atoms with E-state index in [1.807, 2.05) is 31.2 Å². The smallest absolute Gasteiger partial charge is 0.241 e. The van der Waals surface area contributed by atoms with Crippen LogP contribution in [0, 0.1) is 6.92 Å². The highest BCUT2D eigenvalue weighted by Crippen LogP contribution is 2.17. The summed E-state index contributed by atoms with van der Waals surface area (Å²) < 4.78 is 10.3. The van der Waals surface area contributed by atoms with E-state index in [-0.39, 0.29) is 5.91 Å². The normalized spacial score (nSPS) is 15.8. The Morgan fingerprint density at radius 2 is 2.04 bits per heavy atom. The van der Waals surface area contributed by atoms with Gasteiger partial charge in [-0.3, -0.25) is 14.6 Å². The fourth-order valence-electron chi connectivity index (χ4n) is 3.07. The molecule has 0 atom stereocenters. The molecule has 8 heteroatoms. The van der Waals surface area contributed by atoms with Crippen molar-refractivity contribution in [3.05, 3.63) is 35.7 Å². The van der Waals surface area contributed by atoms with Crippen molar-refractivity contribution in [3.63, 3.8) is 0 Å². The van der Waals surface area contributed by atoms with E-state index >= 15 is 0 Å². The van der Waals surface area contributed by atoms with Gasteiger partial charge < -0.3 is 14.6 Å². The molecule has 0 radical (unpaired) electrons. The molecule has 8 nitrogen and oxygen atoms in total. The second-order valence-electron chi connectivity index (χ2n) is 6.78. The van der Waals surface area contributed by atoms with Crippen molar-refractivity contribution in [2.75, 3.05) is 53.0 Å². The molecule has 146 valence electrons. The van der Waals surface area contributed by atoms with Crippen LogP contribution < -0.4 is 5.32 Å². The molecule has 1 N–H and O–H groups in total. The minimum Gasteiger partial charge on any atom is -0.383 e. The van der Waals surface area contributed by atoms with Crippen molar-refractivity contribution < 1.29 is 14.1 Å². The molecule has 0 aliphatic carbocycles. The van der Waals surface area contributed by atoms with Crippen molar-refractivity contribution in [1.82, 2.24) is 25.3 Å². The second kappa shape index (κ2) is 9.59. The lowest BCUT2D eigenvalue weighted by Crippen LogP contribution is -2.49. The third-order valence-electron chi connectivity index (χ3n) is 4.56. The topological polar surface area (TPSA) is 83.7 Å². The van der Waals surface area contributed by atoms with Gasteiger partial charge in [-0.15, -0.1) is 0 Å². The van der Waals surface area contributed by atoms with E-state index in [0.29, 0.717) is 38.0 Å². The molecule has 1 aromatic heterocycles. The van der Waals surface area contributed by atoms with Gasteiger partial charge in [-0.05, 0) is 13.0 Å². The number of nitrogens with one attached hydrogen (secondary N) is 1. The van der Waals surface area contributed by atoms with Gasteiger partial charge >= 0.3 is 0 Å². The first-order valence-electron chi connectivity index (χ1n) is 9.24. The van der Waals surface area contributed by atoms with Crippen LogP contribution in [0.25, 0.3) is 11.4 Å². The lowest BCUT2D eigenvalue weighted by molar-refractivity contribution is -0.122. The van der Waals surface area contributed by atoms with Crippen molar-refractivity contribution in [3.8, 4) is 11.4 Å². The van der Waals surface area contributed by atoms with Gasteiger partial charge in [0.2, 0.25) is 17.6 Å². The van der Waals surface area contributed by atoms with Crippen LogP contribution in [0.4, 0.5) is 0 Å². The van der Waals surface area contributed by atoms with Crippen LogP contribution in [-0.2, 0) is 16.1 Å². The SMILES string of the molecule is COCCNC(=O)CN1CCN(Cc2nc(-c3cccc(C)c3)no2)CC1. The quantitative estimate of drug-likeness (QED) is 0.689. The van der Waals surface area contributed by atoms with Crippen molar-refractivity contribution in [2.24, 2.45) is 0 Å². The molecule has 0 unspecified atom stereocenters. The van der Waals surface area contributed by atoms with E-state index in [1.165, 1.54) is 5.56 Å². The summed E-state index contributed by atoms with van der Waals surface area (Å²) in [6, 6.07) is 8.07. The molecule has 1 amide bonds. The van der Waals surface area contributed by atoms with Crippen LogP contribution in [0.5, 0.6) is 0 Å². The maximum atomic E-state index is 11.9. The number of aromatic nitrogens is 2. The van der Waals surface area contributed by atoms with Crippen molar-refractivity contribution in [1.29, 1.82) is 0 Å². The Kier molecular flexibility index (Phi) is 6.92. The van der Waals surface area contributed by atoms with E-state index in [2.05, 4.69) is 25.3 Å². The minimum atomic E-state index is 0.0418. The number of hydrogen-bond acceptors (Lipinski definition) is 7. The predicted molar refractivity (Wildman–Crippen MR) is 101 cm³/mol. The number of amides is 1. The zero-order valence-corrected chi connectivity index (χ0v) is 16.0. The zero-order chi connectivity index (χ0) is 19.1.